The molecule has 0 saturated carbocycles. The van der Waals surface area contributed by atoms with Crippen molar-refractivity contribution < 1.29 is 4.39 Å². The molecular weight excluding hydrogens is 468 g/mol. The molecule has 1 aliphatic heterocycles. The Hall–Kier alpha value is -1.61. The third-order valence-corrected chi connectivity index (χ3v) is 4.46. The molecule has 2 N–H and O–H groups in total. The van der Waals surface area contributed by atoms with Crippen LogP contribution in [0.4, 0.5) is 10.2 Å². The molecular formula is C18H22ClFIN5. The third-order valence-electron chi connectivity index (χ3n) is 4.16. The van der Waals surface area contributed by atoms with E-state index in [1.54, 1.807) is 25.4 Å². The van der Waals surface area contributed by atoms with E-state index in [-0.39, 0.29) is 35.8 Å². The summed E-state index contributed by atoms with van der Waals surface area (Å²) in [5.74, 6) is 1.32. The van der Waals surface area contributed by atoms with Gasteiger partial charge in [-0.2, -0.15) is 0 Å². The Bertz CT molecular complexity index is 741. The van der Waals surface area contributed by atoms with E-state index >= 15 is 0 Å². The molecule has 1 saturated heterocycles. The normalized spacial score (nSPS) is 17.0. The Labute approximate surface area is 175 Å². The van der Waals surface area contributed by atoms with Crippen LogP contribution in [0.1, 0.15) is 12.0 Å². The van der Waals surface area contributed by atoms with Gasteiger partial charge in [-0.05, 0) is 36.2 Å². The Morgan fingerprint density at radius 3 is 2.81 bits per heavy atom. The van der Waals surface area contributed by atoms with E-state index in [1.165, 1.54) is 12.1 Å². The minimum absolute atomic E-state index is 0. The topological polar surface area (TPSA) is 52.6 Å². The summed E-state index contributed by atoms with van der Waals surface area (Å²) in [6.45, 7) is 2.29. The van der Waals surface area contributed by atoms with Crippen LogP contribution >= 0.6 is 35.6 Å². The second kappa shape index (κ2) is 9.91. The molecule has 0 bridgehead atoms. The highest BCUT2D eigenvalue weighted by Gasteiger charge is 2.25. The molecule has 2 heterocycles. The number of hydrogen-bond donors (Lipinski definition) is 2. The summed E-state index contributed by atoms with van der Waals surface area (Å²) in [5.41, 5.74) is 0.998. The average molecular weight is 490 g/mol. The first-order valence-corrected chi connectivity index (χ1v) is 8.60. The van der Waals surface area contributed by atoms with Gasteiger partial charge in [-0.15, -0.1) is 24.0 Å². The molecule has 5 nitrogen and oxygen atoms in total. The Balaban J connectivity index is 0.00000243. The lowest BCUT2D eigenvalue weighted by Gasteiger charge is -2.20. The van der Waals surface area contributed by atoms with Crippen LogP contribution < -0.4 is 15.5 Å². The van der Waals surface area contributed by atoms with Crippen LogP contribution in [0.5, 0.6) is 0 Å². The van der Waals surface area contributed by atoms with Gasteiger partial charge >= 0.3 is 0 Å². The Morgan fingerprint density at radius 2 is 2.12 bits per heavy atom. The summed E-state index contributed by atoms with van der Waals surface area (Å²) < 4.78 is 13.0. The molecule has 140 valence electrons. The number of rotatable bonds is 4. The van der Waals surface area contributed by atoms with Gasteiger partial charge < -0.3 is 15.5 Å². The summed E-state index contributed by atoms with van der Waals surface area (Å²) >= 11 is 6.23. The summed E-state index contributed by atoms with van der Waals surface area (Å²) in [5, 5.41) is 7.34. The minimum Gasteiger partial charge on any atom is -0.353 e. The van der Waals surface area contributed by atoms with Gasteiger partial charge in [0.15, 0.2) is 5.96 Å². The lowest BCUT2D eigenvalue weighted by atomic mass is 10.2. The lowest BCUT2D eigenvalue weighted by Crippen LogP contribution is -2.44. The molecule has 1 aliphatic rings. The van der Waals surface area contributed by atoms with Crippen molar-refractivity contribution in [2.24, 2.45) is 4.99 Å². The fourth-order valence-electron chi connectivity index (χ4n) is 2.86. The van der Waals surface area contributed by atoms with E-state index in [1.807, 2.05) is 12.1 Å². The summed E-state index contributed by atoms with van der Waals surface area (Å²) in [4.78, 5) is 10.8. The number of benzene rings is 1. The highest BCUT2D eigenvalue weighted by atomic mass is 127. The van der Waals surface area contributed by atoms with Crippen molar-refractivity contribution in [2.75, 3.05) is 25.0 Å². The monoisotopic (exact) mass is 489 g/mol. The number of hydrogen-bond acceptors (Lipinski definition) is 3. The molecule has 26 heavy (non-hydrogen) atoms. The number of nitrogens with zero attached hydrogens (tertiary/aromatic N) is 3. The van der Waals surface area contributed by atoms with Crippen molar-refractivity contribution in [3.8, 4) is 0 Å². The first-order chi connectivity index (χ1) is 12.2. The zero-order valence-electron chi connectivity index (χ0n) is 14.5. The zero-order valence-corrected chi connectivity index (χ0v) is 17.5. The zero-order chi connectivity index (χ0) is 17.6. The Morgan fingerprint density at radius 1 is 1.35 bits per heavy atom. The molecule has 1 unspecified atom stereocenters. The summed E-state index contributed by atoms with van der Waals surface area (Å²) in [7, 11) is 1.74. The maximum Gasteiger partial charge on any atom is 0.191 e. The SMILES string of the molecule is CN=C(NCc1ccc(F)cc1)NC1CCN(c2ncccc2Cl)C1.I. The van der Waals surface area contributed by atoms with Gasteiger partial charge in [-0.1, -0.05) is 23.7 Å². The number of aromatic nitrogens is 1. The van der Waals surface area contributed by atoms with Crippen LogP contribution in [0.3, 0.4) is 0 Å². The molecule has 0 aliphatic carbocycles. The summed E-state index contributed by atoms with van der Waals surface area (Å²) in [6, 6.07) is 10.4. The van der Waals surface area contributed by atoms with E-state index < -0.39 is 0 Å². The third kappa shape index (κ3) is 5.44. The maximum atomic E-state index is 13.0. The van der Waals surface area contributed by atoms with E-state index in [0.29, 0.717) is 11.6 Å². The highest BCUT2D eigenvalue weighted by Crippen LogP contribution is 2.25. The highest BCUT2D eigenvalue weighted by molar-refractivity contribution is 14.0. The fraction of sp³-hybridized carbons (Fsp3) is 0.333. The van der Waals surface area contributed by atoms with Crippen LogP contribution in [-0.2, 0) is 6.54 Å². The molecule has 3 rings (SSSR count). The maximum absolute atomic E-state index is 13.0. The second-order valence-electron chi connectivity index (χ2n) is 5.94. The fourth-order valence-corrected chi connectivity index (χ4v) is 3.10. The average Bonchev–Trinajstić information content (AvgIpc) is 3.08. The molecule has 1 aromatic carbocycles. The van der Waals surface area contributed by atoms with Gasteiger partial charge in [0.1, 0.15) is 11.6 Å². The number of anilines is 1. The quantitative estimate of drug-likeness (QED) is 0.393. The van der Waals surface area contributed by atoms with E-state index in [0.717, 1.165) is 36.9 Å². The molecule has 1 atom stereocenters. The lowest BCUT2D eigenvalue weighted by molar-refractivity contribution is 0.626. The number of aliphatic imine (C=N–C) groups is 1. The van der Waals surface area contributed by atoms with Gasteiger partial charge in [0.25, 0.3) is 0 Å². The van der Waals surface area contributed by atoms with Crippen molar-refractivity contribution >= 4 is 47.4 Å². The van der Waals surface area contributed by atoms with Crippen LogP contribution in [0.15, 0.2) is 47.6 Å². The van der Waals surface area contributed by atoms with Crippen molar-refractivity contribution in [3.05, 3.63) is 59.0 Å². The molecule has 8 heteroatoms. The molecule has 2 aromatic rings. The van der Waals surface area contributed by atoms with Crippen LogP contribution in [0.2, 0.25) is 5.02 Å². The van der Waals surface area contributed by atoms with E-state index in [4.69, 9.17) is 11.6 Å². The number of guanidine groups is 1. The molecule has 1 fully saturated rings. The predicted octanol–water partition coefficient (Wildman–Crippen LogP) is 3.44. The van der Waals surface area contributed by atoms with Crippen LogP contribution in [0.25, 0.3) is 0 Å². The van der Waals surface area contributed by atoms with Crippen molar-refractivity contribution in [1.29, 1.82) is 0 Å². The number of nitrogens with one attached hydrogen (secondary N) is 2. The molecule has 0 amide bonds. The smallest absolute Gasteiger partial charge is 0.191 e. The van der Waals surface area contributed by atoms with Crippen molar-refractivity contribution in [3.63, 3.8) is 0 Å². The predicted molar refractivity (Wildman–Crippen MR) is 115 cm³/mol. The largest absolute Gasteiger partial charge is 0.353 e. The minimum atomic E-state index is -0.231. The standard InChI is InChI=1S/C18H21ClFN5.HI/c1-21-18(23-11-13-4-6-14(20)7-5-13)24-15-8-10-25(12-15)17-16(19)3-2-9-22-17;/h2-7,9,15H,8,10-12H2,1H3,(H2,21,23,24);1H. The second-order valence-corrected chi connectivity index (χ2v) is 6.34. The van der Waals surface area contributed by atoms with E-state index in [2.05, 4.69) is 25.5 Å². The molecule has 0 spiro atoms. The van der Waals surface area contributed by atoms with E-state index in [9.17, 15) is 4.39 Å². The van der Waals surface area contributed by atoms with Crippen LogP contribution in [0, 0.1) is 5.82 Å². The first-order valence-electron chi connectivity index (χ1n) is 8.23. The van der Waals surface area contributed by atoms with Crippen LogP contribution in [-0.4, -0.2) is 37.1 Å². The van der Waals surface area contributed by atoms with Gasteiger partial charge in [-0.25, -0.2) is 9.37 Å². The molecule has 0 radical (unpaired) electrons. The van der Waals surface area contributed by atoms with Gasteiger partial charge in [0.05, 0.1) is 5.02 Å². The number of pyridine rings is 1. The van der Waals surface area contributed by atoms with Gasteiger partial charge in [0.2, 0.25) is 0 Å². The van der Waals surface area contributed by atoms with Gasteiger partial charge in [0, 0.05) is 38.9 Å². The van der Waals surface area contributed by atoms with Crippen molar-refractivity contribution in [2.45, 2.75) is 19.0 Å². The first kappa shape index (κ1) is 20.7. The molecule has 1 aromatic heterocycles. The number of halogens is 3. The Kier molecular flexibility index (Phi) is 7.89. The van der Waals surface area contributed by atoms with Crippen molar-refractivity contribution in [1.82, 2.24) is 15.6 Å². The summed E-state index contributed by atoms with van der Waals surface area (Å²) in [6.07, 6.45) is 2.73. The van der Waals surface area contributed by atoms with Gasteiger partial charge in [-0.3, -0.25) is 4.99 Å².